The lowest BCUT2D eigenvalue weighted by atomic mass is 9.84. The van der Waals surface area contributed by atoms with Crippen LogP contribution in [-0.2, 0) is 14.3 Å². The largest absolute Gasteiger partial charge is 0.497 e. The van der Waals surface area contributed by atoms with E-state index in [0.29, 0.717) is 36.6 Å². The van der Waals surface area contributed by atoms with Gasteiger partial charge in [-0.05, 0) is 56.4 Å². The number of carbonyl (C=O) groups excluding carboxylic acids is 2. The molecule has 8 nitrogen and oxygen atoms in total. The molecule has 1 atom stereocenters. The molecule has 8 heteroatoms. The number of fused-ring (bicyclic) bond motifs is 1. The molecule has 2 aromatic carbocycles. The molecule has 0 bridgehead atoms. The number of nitrogens with zero attached hydrogens (tertiary/aromatic N) is 2. The number of esters is 1. The van der Waals surface area contributed by atoms with Crippen LogP contribution in [0.5, 0.6) is 11.5 Å². The number of imidazole rings is 1. The van der Waals surface area contributed by atoms with Crippen molar-refractivity contribution in [2.24, 2.45) is 5.73 Å². The van der Waals surface area contributed by atoms with Crippen molar-refractivity contribution in [1.29, 1.82) is 0 Å². The van der Waals surface area contributed by atoms with Crippen LogP contribution in [-0.4, -0.2) is 41.2 Å². The number of benzene rings is 2. The van der Waals surface area contributed by atoms with Crippen molar-refractivity contribution >= 4 is 22.9 Å². The second-order valence-corrected chi connectivity index (χ2v) is 9.36. The van der Waals surface area contributed by atoms with Gasteiger partial charge in [0.05, 0.1) is 30.8 Å². The summed E-state index contributed by atoms with van der Waals surface area (Å²) in [7, 11) is 3.19. The molecule has 192 valence electrons. The number of ether oxygens (including phenoxy) is 3. The lowest BCUT2D eigenvalue weighted by Gasteiger charge is -2.35. The van der Waals surface area contributed by atoms with Crippen LogP contribution in [0.4, 0.5) is 0 Å². The molecule has 0 radical (unpaired) electrons. The maximum Gasteiger partial charge on any atom is 0.330 e. The van der Waals surface area contributed by atoms with Crippen LogP contribution < -0.4 is 15.2 Å². The van der Waals surface area contributed by atoms with Crippen LogP contribution in [0.1, 0.15) is 64.3 Å². The fraction of sp³-hybridized carbons (Fsp3) is 0.464. The number of amides is 1. The highest BCUT2D eigenvalue weighted by atomic mass is 16.6. The van der Waals surface area contributed by atoms with E-state index in [0.717, 1.165) is 48.7 Å². The van der Waals surface area contributed by atoms with Gasteiger partial charge in [0.2, 0.25) is 0 Å². The van der Waals surface area contributed by atoms with Crippen LogP contribution in [0.15, 0.2) is 42.5 Å². The van der Waals surface area contributed by atoms with Crippen LogP contribution in [0.3, 0.4) is 0 Å². The summed E-state index contributed by atoms with van der Waals surface area (Å²) in [6.07, 6.45) is 5.76. The second kappa shape index (κ2) is 11.0. The Labute approximate surface area is 211 Å². The normalized spacial score (nSPS) is 15.9. The number of hydrogen-bond acceptors (Lipinski definition) is 6. The number of carbonyl (C=O) groups is 2. The van der Waals surface area contributed by atoms with E-state index in [9.17, 15) is 9.59 Å². The molecule has 1 unspecified atom stereocenters. The maximum atomic E-state index is 13.9. The molecule has 1 amide bonds. The zero-order valence-electron chi connectivity index (χ0n) is 21.3. The van der Waals surface area contributed by atoms with E-state index in [1.54, 1.807) is 20.3 Å². The molecule has 3 aromatic rings. The van der Waals surface area contributed by atoms with E-state index >= 15 is 0 Å². The minimum Gasteiger partial charge on any atom is -0.497 e. The van der Waals surface area contributed by atoms with Crippen molar-refractivity contribution in [3.05, 3.63) is 42.5 Å². The Hall–Kier alpha value is -3.55. The Kier molecular flexibility index (Phi) is 7.82. The van der Waals surface area contributed by atoms with Crippen molar-refractivity contribution in [2.45, 2.75) is 69.9 Å². The topological polar surface area (TPSA) is 106 Å². The Morgan fingerprint density at radius 2 is 1.83 bits per heavy atom. The zero-order valence-corrected chi connectivity index (χ0v) is 21.3. The minimum absolute atomic E-state index is 0.457. The van der Waals surface area contributed by atoms with E-state index in [1.807, 2.05) is 41.0 Å². The van der Waals surface area contributed by atoms with Gasteiger partial charge in [-0.3, -0.25) is 4.79 Å². The van der Waals surface area contributed by atoms with Gasteiger partial charge in [0.15, 0.2) is 5.60 Å². The SMILES string of the molecule is CCCCC(C(=O)OC1(C(N)=O)CCCCC1)n1c(-c2ccc(OC)cc2OC)nc2ccccc21. The number of unbranched alkanes of at least 4 members (excludes halogenated alkanes) is 1. The summed E-state index contributed by atoms with van der Waals surface area (Å²) in [5, 5.41) is 0. The van der Waals surface area contributed by atoms with E-state index < -0.39 is 23.5 Å². The standard InChI is InChI=1S/C28H35N3O5/c1-4-5-12-23(26(32)36-28(27(29)33)16-9-6-10-17-28)31-22-13-8-7-11-21(22)30-25(31)20-15-14-19(34-2)18-24(20)35-3/h7-8,11,13-15,18,23H,4-6,9-10,12,16-17H2,1-3H3,(H2,29,33). The molecule has 1 saturated carbocycles. The second-order valence-electron chi connectivity index (χ2n) is 9.36. The fourth-order valence-electron chi connectivity index (χ4n) is 5.07. The predicted molar refractivity (Wildman–Crippen MR) is 138 cm³/mol. The first-order valence-corrected chi connectivity index (χ1v) is 12.7. The molecule has 1 fully saturated rings. The summed E-state index contributed by atoms with van der Waals surface area (Å²) < 4.78 is 19.0. The van der Waals surface area contributed by atoms with Gasteiger partial charge in [-0.2, -0.15) is 0 Å². The summed E-state index contributed by atoms with van der Waals surface area (Å²) in [5.74, 6) is 0.791. The van der Waals surface area contributed by atoms with Crippen LogP contribution >= 0.6 is 0 Å². The number of methoxy groups -OCH3 is 2. The van der Waals surface area contributed by atoms with E-state index in [4.69, 9.17) is 24.9 Å². The first-order chi connectivity index (χ1) is 17.4. The van der Waals surface area contributed by atoms with Gasteiger partial charge in [0, 0.05) is 6.07 Å². The van der Waals surface area contributed by atoms with E-state index in [1.165, 1.54) is 0 Å². The average Bonchev–Trinajstić information content (AvgIpc) is 3.28. The van der Waals surface area contributed by atoms with Gasteiger partial charge in [-0.15, -0.1) is 0 Å². The molecular weight excluding hydrogens is 458 g/mol. The molecular formula is C28H35N3O5. The third-order valence-corrected chi connectivity index (χ3v) is 7.07. The molecule has 0 aliphatic heterocycles. The molecule has 4 rings (SSSR count). The molecule has 1 aromatic heterocycles. The zero-order chi connectivity index (χ0) is 25.7. The molecule has 36 heavy (non-hydrogen) atoms. The number of nitrogens with two attached hydrogens (primary N) is 1. The van der Waals surface area contributed by atoms with Crippen LogP contribution in [0.25, 0.3) is 22.4 Å². The van der Waals surface area contributed by atoms with Crippen LogP contribution in [0, 0.1) is 0 Å². The quantitative estimate of drug-likeness (QED) is 0.390. The third-order valence-electron chi connectivity index (χ3n) is 7.07. The summed E-state index contributed by atoms with van der Waals surface area (Å²) in [4.78, 5) is 31.3. The Balaban J connectivity index is 1.85. The monoisotopic (exact) mass is 493 g/mol. The summed E-state index contributed by atoms with van der Waals surface area (Å²) >= 11 is 0. The van der Waals surface area contributed by atoms with E-state index in [-0.39, 0.29) is 0 Å². The number of rotatable bonds is 10. The lowest BCUT2D eigenvalue weighted by Crippen LogP contribution is -2.50. The maximum absolute atomic E-state index is 13.9. The molecule has 2 N–H and O–H groups in total. The van der Waals surface area contributed by atoms with Crippen molar-refractivity contribution in [2.75, 3.05) is 14.2 Å². The van der Waals surface area contributed by atoms with Crippen molar-refractivity contribution in [3.8, 4) is 22.9 Å². The first kappa shape index (κ1) is 25.5. The van der Waals surface area contributed by atoms with Gasteiger partial charge in [0.25, 0.3) is 5.91 Å². The highest BCUT2D eigenvalue weighted by Crippen LogP contribution is 2.39. The van der Waals surface area contributed by atoms with Gasteiger partial charge >= 0.3 is 5.97 Å². The Bertz CT molecular complexity index is 1230. The number of aromatic nitrogens is 2. The molecule has 1 aliphatic carbocycles. The van der Waals surface area contributed by atoms with Crippen molar-refractivity contribution in [1.82, 2.24) is 9.55 Å². The van der Waals surface area contributed by atoms with E-state index in [2.05, 4.69) is 6.92 Å². The summed E-state index contributed by atoms with van der Waals surface area (Å²) in [5.41, 5.74) is 6.81. The van der Waals surface area contributed by atoms with Gasteiger partial charge in [0.1, 0.15) is 23.4 Å². The molecule has 0 saturated heterocycles. The third kappa shape index (κ3) is 4.90. The average molecular weight is 494 g/mol. The Morgan fingerprint density at radius 1 is 1.08 bits per heavy atom. The summed E-state index contributed by atoms with van der Waals surface area (Å²) in [6.45, 7) is 2.08. The van der Waals surface area contributed by atoms with Crippen molar-refractivity contribution < 1.29 is 23.8 Å². The number of hydrogen-bond donors (Lipinski definition) is 1. The van der Waals surface area contributed by atoms with Gasteiger partial charge < -0.3 is 24.5 Å². The predicted octanol–water partition coefficient (Wildman–Crippen LogP) is 5.18. The highest BCUT2D eigenvalue weighted by Gasteiger charge is 2.43. The minimum atomic E-state index is -1.26. The number of primary amides is 1. The molecule has 1 aliphatic rings. The fourth-order valence-corrected chi connectivity index (χ4v) is 5.07. The Morgan fingerprint density at radius 3 is 2.50 bits per heavy atom. The van der Waals surface area contributed by atoms with Gasteiger partial charge in [-0.1, -0.05) is 38.3 Å². The lowest BCUT2D eigenvalue weighted by molar-refractivity contribution is -0.174. The molecule has 0 spiro atoms. The van der Waals surface area contributed by atoms with Crippen LogP contribution in [0.2, 0.25) is 0 Å². The summed E-state index contributed by atoms with van der Waals surface area (Å²) in [6, 6.07) is 12.5. The van der Waals surface area contributed by atoms with Crippen molar-refractivity contribution in [3.63, 3.8) is 0 Å². The smallest absolute Gasteiger partial charge is 0.330 e. The molecule has 1 heterocycles. The van der Waals surface area contributed by atoms with Gasteiger partial charge in [-0.25, -0.2) is 9.78 Å². The first-order valence-electron chi connectivity index (χ1n) is 12.7. The highest BCUT2D eigenvalue weighted by molar-refractivity contribution is 5.89. The number of para-hydroxylation sites is 2.